The standard InChI is InChI=1S/C18H23N9.C18H2.H3N9.10H2/c1-25-13-16(10-21-25)23-18-20-8-15-9-22-27(17(15)24-18)12-14-4-2-6-26(11-14)7-3-5-19;1-3-5-7-9-11-13-15-17-18-16-14-12-10-8-6-4-2;1-3-5-7-9-8-6-4-2;;;;;;;;;;/h8-10,13-14H,2-4,6-7,11-12H2,1H3,(H,20,23,24);1-2H;(H3,1,2,5,6,9);10*1H. The molecule has 1 aliphatic heterocycles. The molecular weight excluding hydrogens is 685 g/mol. The minimum Gasteiger partial charge on any atom is -0.321 e. The van der Waals surface area contributed by atoms with Crippen molar-refractivity contribution in [3.05, 3.63) is 24.8 Å². The molecule has 1 saturated heterocycles. The van der Waals surface area contributed by atoms with Gasteiger partial charge in [-0.1, -0.05) is 5.22 Å². The summed E-state index contributed by atoms with van der Waals surface area (Å²) in [4.78, 5) is 11.4. The Bertz CT molecular complexity index is 2370. The molecule has 3 aromatic rings. The minimum absolute atomic E-state index is 0. The minimum atomic E-state index is 0. The van der Waals surface area contributed by atoms with Crippen LogP contribution in [0.4, 0.5) is 11.6 Å². The Morgan fingerprint density at radius 2 is 1.50 bits per heavy atom. The Kier molecular flexibility index (Phi) is 20.8. The molecule has 1 aliphatic rings. The second-order valence-corrected chi connectivity index (χ2v) is 9.75. The van der Waals surface area contributed by atoms with Gasteiger partial charge in [-0.25, -0.2) is 9.67 Å². The van der Waals surface area contributed by atoms with Gasteiger partial charge in [0.2, 0.25) is 5.95 Å². The quantitative estimate of drug-likeness (QED) is 0.107. The summed E-state index contributed by atoms with van der Waals surface area (Å²) in [5, 5.41) is 41.0. The second-order valence-electron chi connectivity index (χ2n) is 9.75. The molecule has 0 bridgehead atoms. The molecule has 282 valence electrons. The third-order valence-electron chi connectivity index (χ3n) is 6.12. The van der Waals surface area contributed by atoms with E-state index in [0.717, 1.165) is 49.3 Å². The van der Waals surface area contributed by atoms with Crippen molar-refractivity contribution >= 4 is 22.7 Å². The Hall–Kier alpha value is -8.75. The van der Waals surface area contributed by atoms with Crippen LogP contribution in [-0.4, -0.2) is 54.1 Å². The number of nitrogens with zero attached hydrogens (tertiary/aromatic N) is 15. The van der Waals surface area contributed by atoms with Crippen LogP contribution in [0.5, 0.6) is 0 Å². The molecule has 18 nitrogen and oxygen atoms in total. The van der Waals surface area contributed by atoms with Crippen LogP contribution in [0.25, 0.3) is 11.0 Å². The van der Waals surface area contributed by atoms with Crippen molar-refractivity contribution in [3.63, 3.8) is 0 Å². The summed E-state index contributed by atoms with van der Waals surface area (Å²) in [5.41, 5.74) is 7.76. The van der Waals surface area contributed by atoms with Crippen LogP contribution in [0, 0.1) is 130 Å². The van der Waals surface area contributed by atoms with E-state index >= 15 is 0 Å². The first-order valence-corrected chi connectivity index (χ1v) is 15.3. The van der Waals surface area contributed by atoms with E-state index in [1.807, 2.05) is 24.1 Å². The van der Waals surface area contributed by atoms with Crippen molar-refractivity contribution in [3.8, 4) is 114 Å². The van der Waals surface area contributed by atoms with Gasteiger partial charge in [0.1, 0.15) is 0 Å². The average molecular weight is 733 g/mol. The monoisotopic (exact) mass is 732 g/mol. The molecule has 0 aromatic carbocycles. The van der Waals surface area contributed by atoms with E-state index in [-0.39, 0.29) is 14.3 Å². The highest BCUT2D eigenvalue weighted by molar-refractivity contribution is 5.75. The molecule has 4 heterocycles. The number of piperidine rings is 1. The molecule has 18 heteroatoms. The Labute approximate surface area is 326 Å². The zero-order chi connectivity index (χ0) is 38.9. The van der Waals surface area contributed by atoms with Gasteiger partial charge in [-0.05, 0) is 151 Å². The average Bonchev–Trinajstić information content (AvgIpc) is 3.79. The molecule has 1 fully saturated rings. The topological polar surface area (TPSA) is 237 Å². The van der Waals surface area contributed by atoms with Gasteiger partial charge >= 0.3 is 0 Å². The molecule has 0 amide bonds. The van der Waals surface area contributed by atoms with Crippen molar-refractivity contribution in [1.82, 2.24) is 34.4 Å². The maximum Gasteiger partial charge on any atom is 0.229 e. The zero-order valence-electron chi connectivity index (χ0n) is 28.8. The molecule has 1 atom stereocenters. The van der Waals surface area contributed by atoms with Gasteiger partial charge in [0.05, 0.1) is 29.5 Å². The van der Waals surface area contributed by atoms with Crippen molar-refractivity contribution in [2.75, 3.05) is 25.0 Å². The molecule has 4 rings (SSSR count). The largest absolute Gasteiger partial charge is 0.321 e. The van der Waals surface area contributed by atoms with Crippen LogP contribution in [0.15, 0.2) is 61.4 Å². The number of nitriles is 1. The third kappa shape index (κ3) is 18.1. The van der Waals surface area contributed by atoms with Crippen LogP contribution in [0.1, 0.15) is 33.5 Å². The number of terminal acetylenes is 2. The Balaban J connectivity index is -0.000000104. The van der Waals surface area contributed by atoms with E-state index in [9.17, 15) is 0 Å². The molecule has 54 heavy (non-hydrogen) atoms. The summed E-state index contributed by atoms with van der Waals surface area (Å²) in [5.74, 6) is 43.8. The van der Waals surface area contributed by atoms with Crippen LogP contribution in [0.3, 0.4) is 0 Å². The number of likely N-dealkylation sites (tertiary alicyclic amines) is 1. The maximum absolute atomic E-state index is 8.81. The molecule has 0 radical (unpaired) electrons. The van der Waals surface area contributed by atoms with E-state index in [4.69, 9.17) is 23.6 Å². The lowest BCUT2D eigenvalue weighted by molar-refractivity contribution is 0.164. The number of fused-ring (bicyclic) bond motifs is 1. The highest BCUT2D eigenvalue weighted by atomic mass is 15.6. The summed E-state index contributed by atoms with van der Waals surface area (Å²) in [6, 6.07) is 2.24. The van der Waals surface area contributed by atoms with Crippen molar-refractivity contribution in [2.45, 2.75) is 25.8 Å². The van der Waals surface area contributed by atoms with Crippen LogP contribution in [0.2, 0.25) is 0 Å². The normalized spacial score (nSPS) is 12.1. The summed E-state index contributed by atoms with van der Waals surface area (Å²) in [6.07, 6.45) is 19.9. The number of hydrogen-bond donors (Lipinski definition) is 3. The van der Waals surface area contributed by atoms with Gasteiger partial charge in [-0.2, -0.15) is 26.0 Å². The van der Waals surface area contributed by atoms with Gasteiger partial charge in [0.25, 0.3) is 0 Å². The summed E-state index contributed by atoms with van der Waals surface area (Å²) in [6.45, 7) is 3.78. The number of rotatable bonds is 9. The third-order valence-corrected chi connectivity index (χ3v) is 6.12. The van der Waals surface area contributed by atoms with Crippen molar-refractivity contribution in [2.24, 2.45) is 55.4 Å². The zero-order valence-corrected chi connectivity index (χ0v) is 28.8. The van der Waals surface area contributed by atoms with E-state index in [0.29, 0.717) is 18.3 Å². The number of aromatic nitrogens is 6. The van der Waals surface area contributed by atoms with E-state index in [1.54, 1.807) is 17.1 Å². The first-order chi connectivity index (χ1) is 26.5. The Morgan fingerprint density at radius 3 is 2.06 bits per heavy atom. The number of aryl methyl sites for hydroxylation is 1. The fourth-order valence-electron chi connectivity index (χ4n) is 4.18. The van der Waals surface area contributed by atoms with Gasteiger partial charge in [-0.3, -0.25) is 4.68 Å². The van der Waals surface area contributed by atoms with Gasteiger partial charge in [-0.15, -0.1) is 12.8 Å². The number of nitrogens with one attached hydrogen (secondary N) is 2. The van der Waals surface area contributed by atoms with Crippen LogP contribution in [-0.2, 0) is 13.6 Å². The molecule has 0 spiro atoms. The van der Waals surface area contributed by atoms with Gasteiger partial charge < -0.3 is 16.1 Å². The number of hydrogen-bond acceptors (Lipinski definition) is 9. The van der Waals surface area contributed by atoms with Crippen LogP contribution >= 0.6 is 0 Å². The van der Waals surface area contributed by atoms with E-state index in [1.165, 1.54) is 6.42 Å². The highest BCUT2D eigenvalue weighted by Crippen LogP contribution is 2.21. The molecular formula is C36H48N18. The lowest BCUT2D eigenvalue weighted by Crippen LogP contribution is -2.37. The molecule has 4 N–H and O–H groups in total. The number of anilines is 2. The molecule has 0 saturated carbocycles. The van der Waals surface area contributed by atoms with E-state index < -0.39 is 0 Å². The fourth-order valence-corrected chi connectivity index (χ4v) is 4.18. The second kappa shape index (κ2) is 27.1. The fraction of sp³-hybridized carbons (Fsp3) is 0.250. The van der Waals surface area contributed by atoms with Crippen molar-refractivity contribution < 1.29 is 14.3 Å². The molecule has 1 unspecified atom stereocenters. The van der Waals surface area contributed by atoms with E-state index in [2.05, 4.69) is 174 Å². The summed E-state index contributed by atoms with van der Waals surface area (Å²) >= 11 is 0. The SMILES string of the molecule is C#CC#CC#CC#CC#CC#CC#CC#CC#C.Cn1cc(Nc2ncc3cnn(CC4CCCN(CCC#N)C4)c3n2)cn1.N=N/N=N/N=N/N=N/N.[HH].[HH].[HH].[HH].[HH].[HH].[HH].[HH].[HH].[HH]. The predicted molar refractivity (Wildman–Crippen MR) is 218 cm³/mol. The highest BCUT2D eigenvalue weighted by Gasteiger charge is 2.21. The van der Waals surface area contributed by atoms with Gasteiger partial charge in [0, 0.05) is 59.8 Å². The first kappa shape index (κ1) is 41.4. The number of nitrogens with two attached hydrogens (primary N) is 1. The molecule has 0 aliphatic carbocycles. The van der Waals surface area contributed by atoms with Crippen LogP contribution < -0.4 is 11.2 Å². The smallest absolute Gasteiger partial charge is 0.229 e. The molecule has 3 aromatic heterocycles. The Morgan fingerprint density at radius 1 is 0.889 bits per heavy atom. The first-order valence-electron chi connectivity index (χ1n) is 15.3. The maximum atomic E-state index is 8.81. The summed E-state index contributed by atoms with van der Waals surface area (Å²) < 4.78 is 3.70. The summed E-state index contributed by atoms with van der Waals surface area (Å²) in [7, 11) is 1.87. The lowest BCUT2D eigenvalue weighted by Gasteiger charge is -2.32. The predicted octanol–water partition coefficient (Wildman–Crippen LogP) is 5.66. The lowest BCUT2D eigenvalue weighted by atomic mass is 9.98. The van der Waals surface area contributed by atoms with Crippen molar-refractivity contribution in [1.29, 1.82) is 10.8 Å². The van der Waals surface area contributed by atoms with Gasteiger partial charge in [0.15, 0.2) is 5.65 Å².